The SMILES string of the molecule is CCc1cc(NC(=O)C(=O)N2C[C@@H](C)CC[C@@H]2c2ccc3sc(C4COCCN4C)nc3c2)cnc1N. The Hall–Kier alpha value is -3.08. The Kier molecular flexibility index (Phi) is 7.41. The fourth-order valence-corrected chi connectivity index (χ4v) is 6.27. The van der Waals surface area contributed by atoms with E-state index in [1.54, 1.807) is 22.3 Å². The number of aromatic nitrogens is 2. The second-order valence-corrected chi connectivity index (χ2v) is 11.1. The quantitative estimate of drug-likeness (QED) is 0.501. The van der Waals surface area contributed by atoms with Gasteiger partial charge in [0.2, 0.25) is 0 Å². The van der Waals surface area contributed by atoms with Crippen LogP contribution in [-0.2, 0) is 20.7 Å². The number of carbonyl (C=O) groups excluding carboxylic acids is 2. The molecule has 37 heavy (non-hydrogen) atoms. The molecule has 2 aliphatic rings. The lowest BCUT2D eigenvalue weighted by Crippen LogP contribution is -2.46. The lowest BCUT2D eigenvalue weighted by Gasteiger charge is -2.38. The summed E-state index contributed by atoms with van der Waals surface area (Å²) in [6.45, 7) is 6.88. The molecule has 0 saturated carbocycles. The molecule has 2 aliphatic heterocycles. The van der Waals surface area contributed by atoms with E-state index in [1.807, 2.05) is 6.92 Å². The minimum absolute atomic E-state index is 0.156. The fourth-order valence-electron chi connectivity index (χ4n) is 5.17. The smallest absolute Gasteiger partial charge is 0.313 e. The number of carbonyl (C=O) groups is 2. The topological polar surface area (TPSA) is 114 Å². The van der Waals surface area contributed by atoms with E-state index in [2.05, 4.69) is 47.4 Å². The maximum absolute atomic E-state index is 13.4. The number of nitrogens with one attached hydrogen (secondary N) is 1. The van der Waals surface area contributed by atoms with E-state index in [-0.39, 0.29) is 12.1 Å². The van der Waals surface area contributed by atoms with Crippen LogP contribution in [0.3, 0.4) is 0 Å². The number of ether oxygens (including phenoxy) is 1. The number of pyridine rings is 1. The third kappa shape index (κ3) is 5.32. The molecule has 0 bridgehead atoms. The van der Waals surface area contributed by atoms with Crippen molar-refractivity contribution in [3.8, 4) is 0 Å². The van der Waals surface area contributed by atoms with Crippen LogP contribution >= 0.6 is 11.3 Å². The van der Waals surface area contributed by atoms with Crippen molar-refractivity contribution >= 4 is 44.9 Å². The van der Waals surface area contributed by atoms with E-state index in [1.165, 1.54) is 6.20 Å². The second kappa shape index (κ2) is 10.7. The van der Waals surface area contributed by atoms with Crippen LogP contribution < -0.4 is 11.1 Å². The molecule has 2 aromatic heterocycles. The minimum Gasteiger partial charge on any atom is -0.383 e. The molecule has 5 rings (SSSR count). The highest BCUT2D eigenvalue weighted by atomic mass is 32.1. The largest absolute Gasteiger partial charge is 0.383 e. The third-order valence-corrected chi connectivity index (χ3v) is 8.54. The summed E-state index contributed by atoms with van der Waals surface area (Å²) in [6.07, 6.45) is 3.96. The number of nitrogens with zero attached hydrogens (tertiary/aromatic N) is 4. The molecule has 0 spiro atoms. The Morgan fingerprint density at radius 2 is 2.08 bits per heavy atom. The van der Waals surface area contributed by atoms with Crippen LogP contribution in [0.2, 0.25) is 0 Å². The zero-order chi connectivity index (χ0) is 26.1. The molecular weight excluding hydrogens is 488 g/mol. The maximum atomic E-state index is 13.4. The Morgan fingerprint density at radius 3 is 2.86 bits per heavy atom. The van der Waals surface area contributed by atoms with Gasteiger partial charge >= 0.3 is 11.8 Å². The first kappa shape index (κ1) is 25.6. The van der Waals surface area contributed by atoms with E-state index in [0.29, 0.717) is 37.0 Å². The molecule has 196 valence electrons. The van der Waals surface area contributed by atoms with Crippen LogP contribution in [0, 0.1) is 5.92 Å². The summed E-state index contributed by atoms with van der Waals surface area (Å²) in [6, 6.07) is 7.98. The van der Waals surface area contributed by atoms with E-state index >= 15 is 0 Å². The summed E-state index contributed by atoms with van der Waals surface area (Å²) < 4.78 is 6.80. The molecule has 0 aliphatic carbocycles. The molecule has 3 aromatic rings. The number of amides is 2. The van der Waals surface area contributed by atoms with Gasteiger partial charge in [0.25, 0.3) is 0 Å². The number of aryl methyl sites for hydroxylation is 1. The van der Waals surface area contributed by atoms with Crippen LogP contribution in [0.15, 0.2) is 30.5 Å². The van der Waals surface area contributed by atoms with Crippen molar-refractivity contribution < 1.29 is 14.3 Å². The number of likely N-dealkylation sites (tertiary alicyclic amines) is 1. The molecule has 3 atom stereocenters. The van der Waals surface area contributed by atoms with Crippen molar-refractivity contribution in [1.29, 1.82) is 0 Å². The van der Waals surface area contributed by atoms with Gasteiger partial charge in [0.1, 0.15) is 10.8 Å². The zero-order valence-electron chi connectivity index (χ0n) is 21.6. The Bertz CT molecular complexity index is 1310. The van der Waals surface area contributed by atoms with Gasteiger partial charge in [-0.25, -0.2) is 9.97 Å². The Balaban J connectivity index is 1.37. The number of rotatable bonds is 4. The van der Waals surface area contributed by atoms with Gasteiger partial charge in [0.05, 0.1) is 47.4 Å². The van der Waals surface area contributed by atoms with E-state index < -0.39 is 11.8 Å². The predicted octanol–water partition coefficient (Wildman–Crippen LogP) is 3.78. The lowest BCUT2D eigenvalue weighted by molar-refractivity contribution is -0.146. The van der Waals surface area contributed by atoms with E-state index in [9.17, 15) is 9.59 Å². The Morgan fingerprint density at radius 1 is 1.24 bits per heavy atom. The third-order valence-electron chi connectivity index (χ3n) is 7.41. The number of nitrogen functional groups attached to an aromatic ring is 1. The molecule has 2 fully saturated rings. The van der Waals surface area contributed by atoms with Gasteiger partial charge in [-0.1, -0.05) is 19.9 Å². The average Bonchev–Trinajstić information content (AvgIpc) is 3.32. The molecule has 1 aromatic carbocycles. The summed E-state index contributed by atoms with van der Waals surface area (Å²) in [4.78, 5) is 39.5. The van der Waals surface area contributed by atoms with Crippen molar-refractivity contribution in [3.63, 3.8) is 0 Å². The molecule has 3 N–H and O–H groups in total. The van der Waals surface area contributed by atoms with Gasteiger partial charge in [-0.3, -0.25) is 14.5 Å². The lowest BCUT2D eigenvalue weighted by atomic mass is 9.89. The number of nitrogens with two attached hydrogens (primary N) is 1. The van der Waals surface area contributed by atoms with Crippen molar-refractivity contribution in [3.05, 3.63) is 46.6 Å². The van der Waals surface area contributed by atoms with Gasteiger partial charge in [-0.15, -0.1) is 11.3 Å². The summed E-state index contributed by atoms with van der Waals surface area (Å²) in [5.41, 5.74) is 9.12. The minimum atomic E-state index is -0.662. The molecule has 10 heteroatoms. The normalized spacial score (nSPS) is 22.8. The van der Waals surface area contributed by atoms with Crippen molar-refractivity contribution in [1.82, 2.24) is 19.8 Å². The van der Waals surface area contributed by atoms with E-state index in [4.69, 9.17) is 15.5 Å². The summed E-state index contributed by atoms with van der Waals surface area (Å²) in [7, 11) is 2.10. The summed E-state index contributed by atoms with van der Waals surface area (Å²) in [5, 5.41) is 3.77. The maximum Gasteiger partial charge on any atom is 0.313 e. The summed E-state index contributed by atoms with van der Waals surface area (Å²) >= 11 is 1.69. The number of fused-ring (bicyclic) bond motifs is 1. The van der Waals surface area contributed by atoms with Crippen LogP contribution in [0.25, 0.3) is 10.2 Å². The average molecular weight is 523 g/mol. The molecule has 9 nitrogen and oxygen atoms in total. The van der Waals surface area contributed by atoms with Crippen molar-refractivity contribution in [2.75, 3.05) is 44.4 Å². The van der Waals surface area contributed by atoms with Gasteiger partial charge in [-0.2, -0.15) is 0 Å². The number of benzene rings is 1. The van der Waals surface area contributed by atoms with Crippen molar-refractivity contribution in [2.45, 2.75) is 45.2 Å². The van der Waals surface area contributed by atoms with Crippen molar-refractivity contribution in [2.24, 2.45) is 5.92 Å². The number of morpholine rings is 1. The highest BCUT2D eigenvalue weighted by molar-refractivity contribution is 7.18. The number of thiazole rings is 1. The molecule has 0 radical (unpaired) electrons. The molecular formula is C27H34N6O3S. The number of likely N-dealkylation sites (N-methyl/N-ethyl adjacent to an activating group) is 1. The zero-order valence-corrected chi connectivity index (χ0v) is 22.4. The highest BCUT2D eigenvalue weighted by Gasteiger charge is 2.35. The standard InChI is InChI=1S/C27H34N6O3S/c1-4-17-11-19(13-29-24(17)28)30-25(34)27(35)33-14-16(2)5-7-21(33)18-6-8-23-20(12-18)31-26(37-23)22-15-36-10-9-32(22)3/h6,8,11-13,16,21-22H,4-5,7,9-10,14-15H2,1-3H3,(H2,28,29)(H,30,34)/t16-,21+,22?/m0/s1. The number of hydrogen-bond acceptors (Lipinski definition) is 8. The molecule has 4 heterocycles. The Labute approximate surface area is 221 Å². The molecule has 2 amide bonds. The van der Waals surface area contributed by atoms with Crippen LogP contribution in [-0.4, -0.2) is 64.9 Å². The van der Waals surface area contributed by atoms with E-state index in [0.717, 1.165) is 52.3 Å². The van der Waals surface area contributed by atoms with Crippen LogP contribution in [0.1, 0.15) is 54.9 Å². The first-order chi connectivity index (χ1) is 17.8. The predicted molar refractivity (Wildman–Crippen MR) is 145 cm³/mol. The summed E-state index contributed by atoms with van der Waals surface area (Å²) in [5.74, 6) is -0.453. The molecule has 2 saturated heterocycles. The second-order valence-electron chi connectivity index (χ2n) is 10.1. The number of piperidine rings is 1. The number of anilines is 2. The highest BCUT2D eigenvalue weighted by Crippen LogP contribution is 2.37. The monoisotopic (exact) mass is 522 g/mol. The van der Waals surface area contributed by atoms with Gasteiger partial charge < -0.3 is 20.7 Å². The van der Waals surface area contributed by atoms with Gasteiger partial charge in [-0.05, 0) is 61.6 Å². The van der Waals surface area contributed by atoms with Crippen LogP contribution in [0.5, 0.6) is 0 Å². The first-order valence-corrected chi connectivity index (χ1v) is 13.7. The van der Waals surface area contributed by atoms with Crippen LogP contribution in [0.4, 0.5) is 11.5 Å². The fraction of sp³-hybridized carbons (Fsp3) is 0.481. The first-order valence-electron chi connectivity index (χ1n) is 12.9. The molecule has 1 unspecified atom stereocenters. The van der Waals surface area contributed by atoms with Gasteiger partial charge in [0, 0.05) is 13.1 Å². The number of hydrogen-bond donors (Lipinski definition) is 2. The van der Waals surface area contributed by atoms with Gasteiger partial charge in [0.15, 0.2) is 0 Å².